The maximum absolute atomic E-state index is 2.94. The van der Waals surface area contributed by atoms with E-state index in [1.807, 2.05) is 11.8 Å². The monoisotopic (exact) mass is 1320 g/mol. The highest BCUT2D eigenvalue weighted by Crippen LogP contribution is 2.59. The minimum atomic E-state index is -0.333. The van der Waals surface area contributed by atoms with Gasteiger partial charge in [-0.25, -0.2) is 0 Å². The van der Waals surface area contributed by atoms with Crippen LogP contribution in [0.15, 0.2) is 325 Å². The highest BCUT2D eigenvalue weighted by atomic mass is 32.2. The summed E-state index contributed by atoms with van der Waals surface area (Å²) < 4.78 is 0. The standard InChI is InChI=1S/C95H70B2N4S/c1-95(2)69-43-41-65(42-44-69)77-52-67(61-27-11-4-12-28-61)51-76(64-33-17-7-18-34-64)94(77)100-83-40-24-22-38-79(83)97-81-57-80-85(58-89(81)102-90-54-70(95)53-86(100)92(90)97)99(71-35-19-8-20-36-71)87-55-73(98-72-46-59-45-68(48-72)84(98)47-59)56-88-91(87)96(80)78-37-21-23-39-82(78)101(88)93-74(62-29-13-5-14-30-62)49-66(60-25-9-3-10-26-60)50-75(93)63-31-15-6-16-32-63/h3-44,49-59,68,72,84H,45-48H2,1-2H3. The van der Waals surface area contributed by atoms with Crippen LogP contribution in [0.4, 0.5) is 56.9 Å². The third-order valence-corrected chi connectivity index (χ3v) is 25.7. The summed E-state index contributed by atoms with van der Waals surface area (Å²) in [5.41, 5.74) is 37.0. The van der Waals surface area contributed by atoms with Crippen molar-refractivity contribution in [1.29, 1.82) is 0 Å². The molecule has 8 heterocycles. The molecule has 10 aliphatic rings. The first-order valence-corrected chi connectivity index (χ1v) is 37.5. The molecule has 0 radical (unpaired) electrons. The molecule has 14 aromatic rings. The average molecular weight is 1320 g/mol. The fraction of sp³-hybridized carbons (Fsp3) is 0.116. The largest absolute Gasteiger partial charge is 0.365 e. The van der Waals surface area contributed by atoms with Crippen molar-refractivity contribution in [2.24, 2.45) is 11.8 Å². The van der Waals surface area contributed by atoms with Gasteiger partial charge in [0.1, 0.15) is 0 Å². The van der Waals surface area contributed by atoms with E-state index in [0.717, 1.165) is 11.8 Å². The lowest BCUT2D eigenvalue weighted by Crippen LogP contribution is -2.64. The molecule has 4 fully saturated rings. The summed E-state index contributed by atoms with van der Waals surface area (Å²) in [7, 11) is 0. The Morgan fingerprint density at radius 3 is 1.30 bits per heavy atom. The Balaban J connectivity index is 0.820. The normalized spacial score (nSPS) is 18.3. The van der Waals surface area contributed by atoms with Gasteiger partial charge in [0, 0.05) is 95.0 Å². The van der Waals surface area contributed by atoms with E-state index in [0.29, 0.717) is 12.1 Å². The third kappa shape index (κ3) is 8.67. The van der Waals surface area contributed by atoms with Crippen LogP contribution in [0.25, 0.3) is 66.8 Å². The summed E-state index contributed by atoms with van der Waals surface area (Å²) in [6, 6.07) is 122. The number of hydrogen-bond donors (Lipinski definition) is 0. The zero-order valence-corrected chi connectivity index (χ0v) is 57.8. The molecule has 14 aromatic carbocycles. The van der Waals surface area contributed by atoms with Gasteiger partial charge in [-0.3, -0.25) is 0 Å². The average Bonchev–Trinajstić information content (AvgIpc) is 0.753. The van der Waals surface area contributed by atoms with E-state index in [9.17, 15) is 0 Å². The molecule has 4 nitrogen and oxygen atoms in total. The maximum atomic E-state index is 2.94. The van der Waals surface area contributed by atoms with E-state index in [2.05, 4.69) is 349 Å². The van der Waals surface area contributed by atoms with Gasteiger partial charge in [0.2, 0.25) is 6.71 Å². The molecule has 8 aliphatic heterocycles. The quantitative estimate of drug-likeness (QED) is 0.140. The van der Waals surface area contributed by atoms with Crippen LogP contribution in [0.5, 0.6) is 0 Å². The molecule has 2 saturated carbocycles. The van der Waals surface area contributed by atoms with Crippen molar-refractivity contribution in [1.82, 2.24) is 0 Å². The summed E-state index contributed by atoms with van der Waals surface area (Å²) in [6.07, 6.45) is 5.18. The van der Waals surface area contributed by atoms with E-state index in [-0.39, 0.29) is 18.8 Å². The molecule has 0 aromatic heterocycles. The van der Waals surface area contributed by atoms with Crippen molar-refractivity contribution in [3.8, 4) is 66.8 Å². The van der Waals surface area contributed by atoms with Crippen molar-refractivity contribution in [3.05, 3.63) is 327 Å². The number of para-hydroxylation sites is 3. The second-order valence-electron chi connectivity index (χ2n) is 30.3. The van der Waals surface area contributed by atoms with Crippen molar-refractivity contribution in [3.63, 3.8) is 0 Å². The van der Waals surface area contributed by atoms with Gasteiger partial charge >= 0.3 is 0 Å². The van der Waals surface area contributed by atoms with E-state index in [4.69, 9.17) is 0 Å². The summed E-state index contributed by atoms with van der Waals surface area (Å²) in [5, 5.41) is 0. The lowest BCUT2D eigenvalue weighted by Gasteiger charge is -2.47. The fourth-order valence-corrected chi connectivity index (χ4v) is 21.2. The van der Waals surface area contributed by atoms with Gasteiger partial charge in [-0.05, 0) is 199 Å². The lowest BCUT2D eigenvalue weighted by atomic mass is 9.31. The van der Waals surface area contributed by atoms with Crippen molar-refractivity contribution in [2.75, 3.05) is 19.6 Å². The Morgan fingerprint density at radius 1 is 0.314 bits per heavy atom. The molecule has 0 N–H and O–H groups in total. The second kappa shape index (κ2) is 22.4. The molecule has 4 unspecified atom stereocenters. The van der Waals surface area contributed by atoms with Gasteiger partial charge in [-0.15, -0.1) is 0 Å². The van der Waals surface area contributed by atoms with E-state index in [1.54, 1.807) is 0 Å². The lowest BCUT2D eigenvalue weighted by molar-refractivity contribution is 0.340. The van der Waals surface area contributed by atoms with E-state index >= 15 is 0 Å². The van der Waals surface area contributed by atoms with Crippen LogP contribution in [-0.2, 0) is 5.41 Å². The molecule has 8 bridgehead atoms. The molecular weight excluding hydrogens is 1250 g/mol. The molecule has 24 rings (SSSR count). The van der Waals surface area contributed by atoms with Gasteiger partial charge in [-0.1, -0.05) is 268 Å². The Kier molecular flexibility index (Phi) is 12.8. The Bertz CT molecular complexity index is 5710. The number of hydrogen-bond acceptors (Lipinski definition) is 5. The Hall–Kier alpha value is -11.2. The minimum Gasteiger partial charge on any atom is -0.365 e. The van der Waals surface area contributed by atoms with Crippen LogP contribution < -0.4 is 52.4 Å². The minimum absolute atomic E-state index is 0.0821. The fourth-order valence-electron chi connectivity index (χ4n) is 20.0. The van der Waals surface area contributed by atoms with Crippen molar-refractivity contribution >= 4 is 115 Å². The summed E-state index contributed by atoms with van der Waals surface area (Å²) in [5.74, 6) is 1.55. The number of fused-ring (bicyclic) bond motifs is 10. The molecule has 2 saturated heterocycles. The predicted octanol–water partition coefficient (Wildman–Crippen LogP) is 20.6. The van der Waals surface area contributed by atoms with Gasteiger partial charge in [0.15, 0.2) is 0 Å². The SMILES string of the molecule is CC1(C)c2ccc(cc2)-c2cc(-c3ccccc3)cc(-c3ccccc3)c2N2c3ccccc3B3c4cc5c(cc4Sc4cc1cc2c43)N(c1ccccc1)c1cc(N2C3CC4CC(C3)C2C4)cc2c1B5c1ccccc1N2c1c(-c2ccccc2)cc(-c2ccccc2)cc1-c1ccccc1. The molecular formula is C95H70B2N4S. The van der Waals surface area contributed by atoms with Crippen LogP contribution in [0, 0.1) is 11.8 Å². The predicted molar refractivity (Wildman–Crippen MR) is 431 cm³/mol. The third-order valence-electron chi connectivity index (χ3n) is 24.5. The summed E-state index contributed by atoms with van der Waals surface area (Å²) in [6.45, 7) is 4.66. The van der Waals surface area contributed by atoms with Gasteiger partial charge in [-0.2, -0.15) is 0 Å². The molecule has 4 atom stereocenters. The van der Waals surface area contributed by atoms with E-state index in [1.165, 1.54) is 203 Å². The summed E-state index contributed by atoms with van der Waals surface area (Å²) >= 11 is 1.99. The number of piperidine rings is 1. The number of rotatable bonds is 8. The van der Waals surface area contributed by atoms with Crippen LogP contribution in [0.2, 0.25) is 0 Å². The molecule has 482 valence electrons. The van der Waals surface area contributed by atoms with Crippen molar-refractivity contribution < 1.29 is 0 Å². The first-order chi connectivity index (χ1) is 50.3. The molecule has 0 amide bonds. The van der Waals surface area contributed by atoms with Crippen LogP contribution >= 0.6 is 11.8 Å². The number of anilines is 10. The van der Waals surface area contributed by atoms with Crippen LogP contribution in [0.3, 0.4) is 0 Å². The molecule has 2 aliphatic carbocycles. The van der Waals surface area contributed by atoms with Crippen LogP contribution in [0.1, 0.15) is 50.7 Å². The highest BCUT2D eigenvalue weighted by molar-refractivity contribution is 8.00. The molecule has 7 heteroatoms. The maximum Gasteiger partial charge on any atom is 0.252 e. The highest BCUT2D eigenvalue weighted by Gasteiger charge is 2.54. The molecule has 102 heavy (non-hydrogen) atoms. The van der Waals surface area contributed by atoms with Gasteiger partial charge < -0.3 is 19.6 Å². The Morgan fingerprint density at radius 2 is 0.775 bits per heavy atom. The first kappa shape index (κ1) is 58.5. The number of benzene rings is 14. The van der Waals surface area contributed by atoms with Gasteiger partial charge in [0.05, 0.1) is 11.4 Å². The number of nitrogens with zero attached hydrogens (tertiary/aromatic N) is 4. The zero-order valence-electron chi connectivity index (χ0n) is 57.0. The van der Waals surface area contributed by atoms with Crippen molar-refractivity contribution in [2.45, 2.75) is 66.8 Å². The van der Waals surface area contributed by atoms with Crippen LogP contribution in [-0.4, -0.2) is 25.5 Å². The second-order valence-corrected chi connectivity index (χ2v) is 31.3. The first-order valence-electron chi connectivity index (χ1n) is 36.7. The smallest absolute Gasteiger partial charge is 0.252 e. The molecule has 0 spiro atoms. The topological polar surface area (TPSA) is 13.0 Å². The Labute approximate surface area is 602 Å². The summed E-state index contributed by atoms with van der Waals surface area (Å²) in [4.78, 5) is 13.7. The van der Waals surface area contributed by atoms with Gasteiger partial charge in [0.25, 0.3) is 6.71 Å². The van der Waals surface area contributed by atoms with E-state index < -0.39 is 0 Å². The zero-order chi connectivity index (χ0) is 67.1.